The molecule has 0 spiro atoms. The number of halogens is 1. The first-order valence-corrected chi connectivity index (χ1v) is 6.58. The largest absolute Gasteiger partial charge is 0.406 e. The SMILES string of the molecule is O=C(Oc1cc2c(Br)cccc2[nH]1)c1ccccc1. The molecule has 3 nitrogen and oxygen atoms in total. The van der Waals surface area contributed by atoms with Gasteiger partial charge >= 0.3 is 5.97 Å². The first-order chi connectivity index (χ1) is 9.24. The van der Waals surface area contributed by atoms with Crippen LogP contribution < -0.4 is 4.74 Å². The van der Waals surface area contributed by atoms with Crippen molar-refractivity contribution in [3.8, 4) is 5.88 Å². The van der Waals surface area contributed by atoms with Crippen molar-refractivity contribution in [3.05, 3.63) is 64.6 Å². The van der Waals surface area contributed by atoms with Gasteiger partial charge in [0.05, 0.1) is 5.56 Å². The molecule has 0 aliphatic rings. The van der Waals surface area contributed by atoms with Gasteiger partial charge in [0.25, 0.3) is 0 Å². The number of hydrogen-bond donors (Lipinski definition) is 1. The average Bonchev–Trinajstić information content (AvgIpc) is 2.84. The number of aromatic nitrogens is 1. The fourth-order valence-electron chi connectivity index (χ4n) is 1.88. The summed E-state index contributed by atoms with van der Waals surface area (Å²) in [6.07, 6.45) is 0. The van der Waals surface area contributed by atoms with Crippen LogP contribution in [0.2, 0.25) is 0 Å². The Morgan fingerprint density at radius 2 is 1.84 bits per heavy atom. The zero-order valence-electron chi connectivity index (χ0n) is 9.89. The van der Waals surface area contributed by atoms with E-state index in [-0.39, 0.29) is 5.97 Å². The Morgan fingerprint density at radius 1 is 1.05 bits per heavy atom. The molecule has 94 valence electrons. The third-order valence-electron chi connectivity index (χ3n) is 2.80. The molecule has 1 N–H and O–H groups in total. The van der Waals surface area contributed by atoms with Crippen molar-refractivity contribution in [3.63, 3.8) is 0 Å². The Morgan fingerprint density at radius 3 is 2.58 bits per heavy atom. The van der Waals surface area contributed by atoms with Crippen LogP contribution in [0.15, 0.2) is 59.1 Å². The van der Waals surface area contributed by atoms with Crippen molar-refractivity contribution in [2.45, 2.75) is 0 Å². The molecule has 0 atom stereocenters. The number of benzene rings is 2. The molecule has 0 amide bonds. The number of ether oxygens (including phenoxy) is 1. The summed E-state index contributed by atoms with van der Waals surface area (Å²) in [7, 11) is 0. The molecule has 2 aromatic carbocycles. The lowest BCUT2D eigenvalue weighted by molar-refractivity contribution is 0.0729. The second-order valence-corrected chi connectivity index (χ2v) is 4.94. The van der Waals surface area contributed by atoms with Crippen molar-refractivity contribution in [2.75, 3.05) is 0 Å². The van der Waals surface area contributed by atoms with E-state index in [1.54, 1.807) is 30.3 Å². The molecular weight excluding hydrogens is 306 g/mol. The van der Waals surface area contributed by atoms with Crippen molar-refractivity contribution < 1.29 is 9.53 Å². The Hall–Kier alpha value is -2.07. The smallest absolute Gasteiger partial charge is 0.344 e. The molecular formula is C15H10BrNO2. The maximum absolute atomic E-state index is 11.9. The van der Waals surface area contributed by atoms with Crippen LogP contribution in [0, 0.1) is 0 Å². The fraction of sp³-hybridized carbons (Fsp3) is 0. The molecule has 0 saturated heterocycles. The molecule has 0 bridgehead atoms. The number of nitrogens with one attached hydrogen (secondary N) is 1. The highest BCUT2D eigenvalue weighted by Gasteiger charge is 2.10. The van der Waals surface area contributed by atoms with E-state index < -0.39 is 0 Å². The third-order valence-corrected chi connectivity index (χ3v) is 3.49. The molecule has 3 aromatic rings. The molecule has 0 aliphatic carbocycles. The molecule has 3 rings (SSSR count). The van der Waals surface area contributed by atoms with Gasteiger partial charge in [-0.1, -0.05) is 40.2 Å². The molecule has 1 heterocycles. The molecule has 0 aliphatic heterocycles. The summed E-state index contributed by atoms with van der Waals surface area (Å²) in [5.74, 6) is 0.0685. The number of carbonyl (C=O) groups is 1. The molecule has 0 radical (unpaired) electrons. The fourth-order valence-corrected chi connectivity index (χ4v) is 2.36. The quantitative estimate of drug-likeness (QED) is 0.722. The summed E-state index contributed by atoms with van der Waals surface area (Å²) >= 11 is 3.46. The number of rotatable bonds is 2. The van der Waals surface area contributed by atoms with Crippen LogP contribution in [-0.2, 0) is 0 Å². The van der Waals surface area contributed by atoms with Crippen molar-refractivity contribution in [1.29, 1.82) is 0 Å². The second-order valence-electron chi connectivity index (χ2n) is 4.09. The second kappa shape index (κ2) is 4.90. The van der Waals surface area contributed by atoms with E-state index in [0.717, 1.165) is 15.4 Å². The number of H-pyrrole nitrogens is 1. The topological polar surface area (TPSA) is 42.1 Å². The minimum Gasteiger partial charge on any atom is -0.406 e. The zero-order valence-corrected chi connectivity index (χ0v) is 11.5. The van der Waals surface area contributed by atoms with Crippen LogP contribution >= 0.6 is 15.9 Å². The van der Waals surface area contributed by atoms with E-state index in [2.05, 4.69) is 20.9 Å². The van der Waals surface area contributed by atoms with E-state index in [4.69, 9.17) is 4.74 Å². The minimum atomic E-state index is -0.372. The van der Waals surface area contributed by atoms with Crippen LogP contribution in [-0.4, -0.2) is 11.0 Å². The summed E-state index contributed by atoms with van der Waals surface area (Å²) in [6.45, 7) is 0. The van der Waals surface area contributed by atoms with Gasteiger partial charge in [0.2, 0.25) is 5.88 Å². The van der Waals surface area contributed by atoms with Crippen LogP contribution in [0.3, 0.4) is 0 Å². The lowest BCUT2D eigenvalue weighted by Crippen LogP contribution is -2.08. The summed E-state index contributed by atoms with van der Waals surface area (Å²) < 4.78 is 6.29. The monoisotopic (exact) mass is 315 g/mol. The number of hydrogen-bond acceptors (Lipinski definition) is 2. The molecule has 4 heteroatoms. The summed E-state index contributed by atoms with van der Waals surface area (Å²) in [5.41, 5.74) is 1.45. The molecule has 0 fully saturated rings. The van der Waals surface area contributed by atoms with Crippen LogP contribution in [0.25, 0.3) is 10.9 Å². The number of esters is 1. The van der Waals surface area contributed by atoms with Crippen LogP contribution in [0.1, 0.15) is 10.4 Å². The Bertz CT molecular complexity index is 734. The number of fused-ring (bicyclic) bond motifs is 1. The summed E-state index contributed by atoms with van der Waals surface area (Å²) in [4.78, 5) is 15.0. The zero-order chi connectivity index (χ0) is 13.2. The van der Waals surface area contributed by atoms with Gasteiger partial charge in [-0.2, -0.15) is 0 Å². The standard InChI is InChI=1S/C15H10BrNO2/c16-12-7-4-8-13-11(12)9-14(17-13)19-15(18)10-5-2-1-3-6-10/h1-9,17H. The highest BCUT2D eigenvalue weighted by atomic mass is 79.9. The third kappa shape index (κ3) is 2.39. The average molecular weight is 316 g/mol. The Kier molecular flexibility index (Phi) is 3.09. The van der Waals surface area contributed by atoms with Gasteiger partial charge in [-0.3, -0.25) is 0 Å². The van der Waals surface area contributed by atoms with Crippen molar-refractivity contribution in [2.24, 2.45) is 0 Å². The van der Waals surface area contributed by atoms with Crippen molar-refractivity contribution in [1.82, 2.24) is 4.98 Å². The van der Waals surface area contributed by atoms with E-state index in [0.29, 0.717) is 11.4 Å². The summed E-state index contributed by atoms with van der Waals surface area (Å²) in [5, 5.41) is 0.985. The van der Waals surface area contributed by atoms with Crippen LogP contribution in [0.5, 0.6) is 5.88 Å². The molecule has 1 aromatic heterocycles. The minimum absolute atomic E-state index is 0.372. The lowest BCUT2D eigenvalue weighted by atomic mass is 10.2. The highest BCUT2D eigenvalue weighted by molar-refractivity contribution is 9.10. The van der Waals surface area contributed by atoms with Gasteiger partial charge in [0.15, 0.2) is 0 Å². The highest BCUT2D eigenvalue weighted by Crippen LogP contribution is 2.27. The normalized spacial score (nSPS) is 10.6. The molecule has 0 saturated carbocycles. The van der Waals surface area contributed by atoms with E-state index >= 15 is 0 Å². The van der Waals surface area contributed by atoms with E-state index in [1.165, 1.54) is 0 Å². The van der Waals surface area contributed by atoms with E-state index in [9.17, 15) is 4.79 Å². The van der Waals surface area contributed by atoms with Gasteiger partial charge in [0, 0.05) is 21.4 Å². The predicted molar refractivity (Wildman–Crippen MR) is 77.4 cm³/mol. The van der Waals surface area contributed by atoms with Gasteiger partial charge in [-0.25, -0.2) is 4.79 Å². The predicted octanol–water partition coefficient (Wildman–Crippen LogP) is 4.15. The number of aromatic amines is 1. The van der Waals surface area contributed by atoms with Gasteiger partial charge in [0.1, 0.15) is 0 Å². The van der Waals surface area contributed by atoms with Crippen LogP contribution in [0.4, 0.5) is 0 Å². The first kappa shape index (κ1) is 12.0. The summed E-state index contributed by atoms with van der Waals surface area (Å²) in [6, 6.07) is 16.5. The van der Waals surface area contributed by atoms with Gasteiger partial charge in [-0.05, 0) is 24.3 Å². The Balaban J connectivity index is 1.90. The van der Waals surface area contributed by atoms with Crippen molar-refractivity contribution >= 4 is 32.8 Å². The molecule has 19 heavy (non-hydrogen) atoms. The first-order valence-electron chi connectivity index (χ1n) is 5.78. The van der Waals surface area contributed by atoms with Gasteiger partial charge < -0.3 is 9.72 Å². The maximum Gasteiger partial charge on any atom is 0.344 e. The Labute approximate surface area is 118 Å². The molecule has 0 unspecified atom stereocenters. The van der Waals surface area contributed by atoms with E-state index in [1.807, 2.05) is 24.3 Å². The van der Waals surface area contributed by atoms with Gasteiger partial charge in [-0.15, -0.1) is 0 Å². The lowest BCUT2D eigenvalue weighted by Gasteiger charge is -2.00. The number of carbonyl (C=O) groups excluding carboxylic acids is 1. The maximum atomic E-state index is 11.9.